The van der Waals surface area contributed by atoms with Crippen LogP contribution in [0, 0.1) is 0 Å². The number of hydrogen-bond acceptors (Lipinski definition) is 5. The standard InChI is InChI=1S/C24H19ClN4O3/c1-32-17-7-4-15(5-8-17)23-20-21(18-11-16(25)6-9-19(18)30)27-28-22(20)24(31)29(23)13-14-3-2-10-26-12-14/h2-12,23,30H,13H2,1H3,(H,27,28). The molecule has 2 aromatic carbocycles. The third-order valence-corrected chi connectivity index (χ3v) is 5.82. The van der Waals surface area contributed by atoms with Crippen molar-refractivity contribution in [3.05, 3.63) is 94.4 Å². The van der Waals surface area contributed by atoms with Crippen molar-refractivity contribution in [3.8, 4) is 22.8 Å². The maximum absolute atomic E-state index is 13.4. The van der Waals surface area contributed by atoms with Crippen molar-refractivity contribution in [1.29, 1.82) is 0 Å². The van der Waals surface area contributed by atoms with Gasteiger partial charge in [-0.1, -0.05) is 29.8 Å². The summed E-state index contributed by atoms with van der Waals surface area (Å²) in [6.07, 6.45) is 3.44. The lowest BCUT2D eigenvalue weighted by molar-refractivity contribution is 0.0730. The number of carbonyl (C=O) groups excluding carboxylic acids is 1. The average molecular weight is 447 g/mol. The molecule has 5 rings (SSSR count). The van der Waals surface area contributed by atoms with Gasteiger partial charge < -0.3 is 14.7 Å². The van der Waals surface area contributed by atoms with Gasteiger partial charge in [-0.05, 0) is 47.5 Å². The first-order chi connectivity index (χ1) is 15.6. The molecule has 2 aromatic heterocycles. The van der Waals surface area contributed by atoms with Crippen molar-refractivity contribution in [2.24, 2.45) is 0 Å². The Morgan fingerprint density at radius 1 is 1.19 bits per heavy atom. The molecular weight excluding hydrogens is 428 g/mol. The molecule has 8 heteroatoms. The number of aromatic nitrogens is 3. The number of nitrogens with zero attached hydrogens (tertiary/aromatic N) is 3. The number of rotatable bonds is 5. The largest absolute Gasteiger partial charge is 0.507 e. The molecule has 2 N–H and O–H groups in total. The molecule has 1 unspecified atom stereocenters. The lowest BCUT2D eigenvalue weighted by Gasteiger charge is -2.26. The van der Waals surface area contributed by atoms with E-state index in [0.29, 0.717) is 34.1 Å². The van der Waals surface area contributed by atoms with Gasteiger partial charge in [0.05, 0.1) is 13.2 Å². The first-order valence-electron chi connectivity index (χ1n) is 9.98. The maximum Gasteiger partial charge on any atom is 0.273 e. The van der Waals surface area contributed by atoms with Gasteiger partial charge in [-0.2, -0.15) is 5.10 Å². The highest BCUT2D eigenvalue weighted by Crippen LogP contribution is 2.45. The second kappa shape index (κ2) is 8.01. The monoisotopic (exact) mass is 446 g/mol. The maximum atomic E-state index is 13.4. The molecule has 0 aliphatic carbocycles. The second-order valence-electron chi connectivity index (χ2n) is 7.49. The van der Waals surface area contributed by atoms with Crippen molar-refractivity contribution in [3.63, 3.8) is 0 Å². The van der Waals surface area contributed by atoms with Gasteiger partial charge in [0.15, 0.2) is 0 Å². The quantitative estimate of drug-likeness (QED) is 0.468. The summed E-state index contributed by atoms with van der Waals surface area (Å²) in [6.45, 7) is 0.368. The zero-order valence-corrected chi connectivity index (χ0v) is 17.9. The number of amides is 1. The fourth-order valence-electron chi connectivity index (χ4n) is 4.08. The van der Waals surface area contributed by atoms with Crippen LogP contribution in [-0.4, -0.2) is 38.2 Å². The number of aromatic amines is 1. The van der Waals surface area contributed by atoms with Crippen LogP contribution >= 0.6 is 11.6 Å². The van der Waals surface area contributed by atoms with Gasteiger partial charge in [-0.3, -0.25) is 14.9 Å². The van der Waals surface area contributed by atoms with Crippen LogP contribution in [0.25, 0.3) is 11.3 Å². The van der Waals surface area contributed by atoms with Crippen LogP contribution in [0.4, 0.5) is 0 Å². The van der Waals surface area contributed by atoms with Crippen molar-refractivity contribution in [1.82, 2.24) is 20.1 Å². The number of aromatic hydroxyl groups is 1. The summed E-state index contributed by atoms with van der Waals surface area (Å²) in [6, 6.07) is 15.7. The third kappa shape index (κ3) is 3.36. The molecule has 4 aromatic rings. The summed E-state index contributed by atoms with van der Waals surface area (Å²) in [7, 11) is 1.61. The van der Waals surface area contributed by atoms with E-state index in [-0.39, 0.29) is 11.7 Å². The zero-order chi connectivity index (χ0) is 22.2. The molecule has 1 atom stereocenters. The molecule has 1 aliphatic rings. The number of hydrogen-bond donors (Lipinski definition) is 2. The van der Waals surface area contributed by atoms with Crippen LogP contribution in [0.2, 0.25) is 5.02 Å². The Bertz CT molecular complexity index is 1290. The van der Waals surface area contributed by atoms with E-state index in [1.807, 2.05) is 36.4 Å². The SMILES string of the molecule is COc1ccc(C2c3c(-c4cc(Cl)ccc4O)n[nH]c3C(=O)N2Cc2cccnc2)cc1. The van der Waals surface area contributed by atoms with E-state index < -0.39 is 6.04 Å². The van der Waals surface area contributed by atoms with Gasteiger partial charge in [0.1, 0.15) is 22.9 Å². The number of carbonyl (C=O) groups is 1. The fraction of sp³-hybridized carbons (Fsp3) is 0.125. The Hall–Kier alpha value is -3.84. The molecular formula is C24H19ClN4O3. The highest BCUT2D eigenvalue weighted by atomic mass is 35.5. The van der Waals surface area contributed by atoms with E-state index in [0.717, 1.165) is 16.9 Å². The Morgan fingerprint density at radius 3 is 2.72 bits per heavy atom. The van der Waals surface area contributed by atoms with Gasteiger partial charge in [0, 0.05) is 35.1 Å². The van der Waals surface area contributed by atoms with Crippen molar-refractivity contribution in [2.75, 3.05) is 7.11 Å². The van der Waals surface area contributed by atoms with Crippen molar-refractivity contribution in [2.45, 2.75) is 12.6 Å². The van der Waals surface area contributed by atoms with E-state index >= 15 is 0 Å². The number of ether oxygens (including phenoxy) is 1. The number of phenols is 1. The minimum absolute atomic E-state index is 0.0374. The summed E-state index contributed by atoms with van der Waals surface area (Å²) >= 11 is 6.19. The predicted octanol–water partition coefficient (Wildman–Crippen LogP) is 4.58. The Morgan fingerprint density at radius 2 is 2.00 bits per heavy atom. The molecule has 32 heavy (non-hydrogen) atoms. The molecule has 0 saturated heterocycles. The van der Waals surface area contributed by atoms with Crippen LogP contribution in [0.1, 0.15) is 33.2 Å². The van der Waals surface area contributed by atoms with Gasteiger partial charge in [0.2, 0.25) is 0 Å². The first-order valence-corrected chi connectivity index (χ1v) is 10.4. The lowest BCUT2D eigenvalue weighted by atomic mass is 9.95. The summed E-state index contributed by atoms with van der Waals surface area (Å²) in [5, 5.41) is 18.2. The summed E-state index contributed by atoms with van der Waals surface area (Å²) in [5.41, 5.74) is 3.84. The van der Waals surface area contributed by atoms with Gasteiger partial charge in [0.25, 0.3) is 5.91 Å². The highest BCUT2D eigenvalue weighted by molar-refractivity contribution is 6.31. The number of methoxy groups -OCH3 is 1. The lowest BCUT2D eigenvalue weighted by Crippen LogP contribution is -2.29. The Kier molecular flexibility index (Phi) is 5.03. The topological polar surface area (TPSA) is 91.3 Å². The molecule has 1 amide bonds. The second-order valence-corrected chi connectivity index (χ2v) is 7.93. The van der Waals surface area contributed by atoms with Crippen LogP contribution in [-0.2, 0) is 6.54 Å². The van der Waals surface area contributed by atoms with E-state index in [9.17, 15) is 9.90 Å². The Labute approximate surface area is 189 Å². The molecule has 1 aliphatic heterocycles. The number of H-pyrrole nitrogens is 1. The number of fused-ring (bicyclic) bond motifs is 1. The number of benzene rings is 2. The molecule has 160 valence electrons. The van der Waals surface area contributed by atoms with E-state index in [1.165, 1.54) is 6.07 Å². The predicted molar refractivity (Wildman–Crippen MR) is 120 cm³/mol. The minimum atomic E-state index is -0.421. The van der Waals surface area contributed by atoms with Gasteiger partial charge in [-0.25, -0.2) is 0 Å². The van der Waals surface area contributed by atoms with Crippen LogP contribution in [0.5, 0.6) is 11.5 Å². The highest BCUT2D eigenvalue weighted by Gasteiger charge is 2.42. The average Bonchev–Trinajstić information content (AvgIpc) is 3.35. The molecule has 0 bridgehead atoms. The number of halogens is 1. The summed E-state index contributed by atoms with van der Waals surface area (Å²) in [4.78, 5) is 19.4. The van der Waals surface area contributed by atoms with Crippen LogP contribution < -0.4 is 4.74 Å². The number of phenolic OH excluding ortho intramolecular Hbond substituents is 1. The number of nitrogens with one attached hydrogen (secondary N) is 1. The molecule has 0 radical (unpaired) electrons. The minimum Gasteiger partial charge on any atom is -0.507 e. The van der Waals surface area contributed by atoms with Crippen LogP contribution in [0.15, 0.2) is 67.0 Å². The molecule has 7 nitrogen and oxygen atoms in total. The normalized spacial score (nSPS) is 15.1. The smallest absolute Gasteiger partial charge is 0.273 e. The number of pyridine rings is 1. The van der Waals surface area contributed by atoms with E-state index in [2.05, 4.69) is 15.2 Å². The van der Waals surface area contributed by atoms with Crippen LogP contribution in [0.3, 0.4) is 0 Å². The van der Waals surface area contributed by atoms with E-state index in [1.54, 1.807) is 36.5 Å². The first kappa shape index (κ1) is 20.1. The molecule has 3 heterocycles. The fourth-order valence-corrected chi connectivity index (χ4v) is 4.26. The third-order valence-electron chi connectivity index (χ3n) is 5.58. The van der Waals surface area contributed by atoms with Crippen molar-refractivity contribution < 1.29 is 14.6 Å². The Balaban J connectivity index is 1.67. The van der Waals surface area contributed by atoms with Gasteiger partial charge in [-0.15, -0.1) is 0 Å². The van der Waals surface area contributed by atoms with Crippen molar-refractivity contribution >= 4 is 17.5 Å². The zero-order valence-electron chi connectivity index (χ0n) is 17.1. The molecule has 0 fully saturated rings. The summed E-state index contributed by atoms with van der Waals surface area (Å²) < 4.78 is 5.30. The van der Waals surface area contributed by atoms with Gasteiger partial charge >= 0.3 is 0 Å². The summed E-state index contributed by atoms with van der Waals surface area (Å²) in [5.74, 6) is 0.581. The molecule has 0 saturated carbocycles. The van der Waals surface area contributed by atoms with E-state index in [4.69, 9.17) is 16.3 Å². The molecule has 0 spiro atoms.